The van der Waals surface area contributed by atoms with Crippen LogP contribution in [0, 0.1) is 12.8 Å². The SMILES string of the molecule is Cc1cc(C[C@@H]2CN(c3ccncc3)C[C@H]2O)on1. The molecule has 0 aromatic carbocycles. The van der Waals surface area contributed by atoms with Crippen LogP contribution in [0.2, 0.25) is 0 Å². The summed E-state index contributed by atoms with van der Waals surface area (Å²) in [5.41, 5.74) is 1.98. The van der Waals surface area contributed by atoms with E-state index < -0.39 is 0 Å². The van der Waals surface area contributed by atoms with Crippen molar-refractivity contribution < 1.29 is 9.63 Å². The van der Waals surface area contributed by atoms with E-state index in [0.29, 0.717) is 6.54 Å². The molecule has 0 spiro atoms. The van der Waals surface area contributed by atoms with Crippen LogP contribution in [0.1, 0.15) is 11.5 Å². The number of nitrogens with zero attached hydrogens (tertiary/aromatic N) is 3. The van der Waals surface area contributed by atoms with Crippen LogP contribution in [0.4, 0.5) is 5.69 Å². The van der Waals surface area contributed by atoms with Gasteiger partial charge < -0.3 is 14.5 Å². The van der Waals surface area contributed by atoms with Crippen molar-refractivity contribution in [3.8, 4) is 0 Å². The first-order valence-electron chi connectivity index (χ1n) is 6.47. The van der Waals surface area contributed by atoms with Gasteiger partial charge in [0, 0.05) is 49.6 Å². The zero-order chi connectivity index (χ0) is 13.2. The van der Waals surface area contributed by atoms with Crippen molar-refractivity contribution in [2.75, 3.05) is 18.0 Å². The van der Waals surface area contributed by atoms with E-state index in [4.69, 9.17) is 4.52 Å². The standard InChI is InChI=1S/C14H17N3O2/c1-10-6-13(19-16-10)7-11-8-17(9-14(11)18)12-2-4-15-5-3-12/h2-6,11,14,18H,7-9H2,1H3/t11-,14-/m1/s1. The summed E-state index contributed by atoms with van der Waals surface area (Å²) in [4.78, 5) is 6.19. The largest absolute Gasteiger partial charge is 0.391 e. The molecule has 1 aliphatic heterocycles. The van der Waals surface area contributed by atoms with Gasteiger partial charge in [-0.05, 0) is 19.1 Å². The number of aryl methyl sites for hydroxylation is 1. The average molecular weight is 259 g/mol. The molecule has 100 valence electrons. The second-order valence-corrected chi connectivity index (χ2v) is 5.08. The minimum absolute atomic E-state index is 0.181. The van der Waals surface area contributed by atoms with Crippen molar-refractivity contribution in [2.45, 2.75) is 19.4 Å². The quantitative estimate of drug-likeness (QED) is 0.903. The lowest BCUT2D eigenvalue weighted by Gasteiger charge is -2.17. The monoisotopic (exact) mass is 259 g/mol. The maximum Gasteiger partial charge on any atom is 0.137 e. The molecule has 1 N–H and O–H groups in total. The molecule has 0 saturated carbocycles. The smallest absolute Gasteiger partial charge is 0.137 e. The number of aliphatic hydroxyl groups excluding tert-OH is 1. The van der Waals surface area contributed by atoms with Crippen LogP contribution in [-0.4, -0.2) is 34.4 Å². The molecule has 0 aliphatic carbocycles. The third-order valence-corrected chi connectivity index (χ3v) is 3.57. The highest BCUT2D eigenvalue weighted by Gasteiger charge is 2.32. The summed E-state index contributed by atoms with van der Waals surface area (Å²) in [7, 11) is 0. The molecule has 1 saturated heterocycles. The Hall–Kier alpha value is -1.88. The minimum Gasteiger partial charge on any atom is -0.391 e. The van der Waals surface area contributed by atoms with Crippen molar-refractivity contribution in [1.82, 2.24) is 10.1 Å². The molecule has 1 fully saturated rings. The van der Waals surface area contributed by atoms with Crippen LogP contribution in [0.3, 0.4) is 0 Å². The number of hydrogen-bond donors (Lipinski definition) is 1. The number of anilines is 1. The Morgan fingerprint density at radius 1 is 1.37 bits per heavy atom. The summed E-state index contributed by atoms with van der Waals surface area (Å²) in [5, 5.41) is 14.1. The molecule has 0 bridgehead atoms. The summed E-state index contributed by atoms with van der Waals surface area (Å²) in [6.45, 7) is 3.38. The Balaban J connectivity index is 1.68. The zero-order valence-electron chi connectivity index (χ0n) is 10.9. The zero-order valence-corrected chi connectivity index (χ0v) is 10.9. The Labute approximate surface area is 111 Å². The Morgan fingerprint density at radius 3 is 2.84 bits per heavy atom. The van der Waals surface area contributed by atoms with Gasteiger partial charge in [-0.15, -0.1) is 0 Å². The van der Waals surface area contributed by atoms with Gasteiger partial charge in [0.15, 0.2) is 0 Å². The van der Waals surface area contributed by atoms with E-state index in [-0.39, 0.29) is 12.0 Å². The first kappa shape index (κ1) is 12.2. The summed E-state index contributed by atoms with van der Waals surface area (Å²) >= 11 is 0. The maximum atomic E-state index is 10.2. The van der Waals surface area contributed by atoms with Crippen LogP contribution >= 0.6 is 0 Å². The molecule has 2 aromatic heterocycles. The number of hydrogen-bond acceptors (Lipinski definition) is 5. The first-order valence-corrected chi connectivity index (χ1v) is 6.47. The van der Waals surface area contributed by atoms with E-state index in [1.165, 1.54) is 0 Å². The third-order valence-electron chi connectivity index (χ3n) is 3.57. The molecule has 0 amide bonds. The number of aliphatic hydroxyl groups is 1. The first-order chi connectivity index (χ1) is 9.22. The summed E-state index contributed by atoms with van der Waals surface area (Å²) < 4.78 is 5.23. The summed E-state index contributed by atoms with van der Waals surface area (Å²) in [6, 6.07) is 5.86. The molecular formula is C14H17N3O2. The van der Waals surface area contributed by atoms with Crippen molar-refractivity contribution in [3.63, 3.8) is 0 Å². The van der Waals surface area contributed by atoms with Crippen molar-refractivity contribution in [1.29, 1.82) is 0 Å². The fourth-order valence-corrected chi connectivity index (χ4v) is 2.59. The Bertz CT molecular complexity index is 541. The molecule has 5 heteroatoms. The third kappa shape index (κ3) is 2.61. The lowest BCUT2D eigenvalue weighted by molar-refractivity contribution is 0.143. The van der Waals surface area contributed by atoms with Gasteiger partial charge in [0.1, 0.15) is 5.76 Å². The van der Waals surface area contributed by atoms with Gasteiger partial charge in [-0.1, -0.05) is 5.16 Å². The molecular weight excluding hydrogens is 242 g/mol. The van der Waals surface area contributed by atoms with Crippen LogP contribution in [-0.2, 0) is 6.42 Å². The van der Waals surface area contributed by atoms with E-state index in [1.54, 1.807) is 12.4 Å². The Morgan fingerprint density at radius 2 is 2.16 bits per heavy atom. The Kier molecular flexibility index (Phi) is 3.21. The lowest BCUT2D eigenvalue weighted by atomic mass is 10.0. The van der Waals surface area contributed by atoms with Gasteiger partial charge in [0.2, 0.25) is 0 Å². The van der Waals surface area contributed by atoms with E-state index in [0.717, 1.165) is 30.1 Å². The van der Waals surface area contributed by atoms with E-state index in [1.807, 2.05) is 25.1 Å². The lowest BCUT2D eigenvalue weighted by Crippen LogP contribution is -2.20. The van der Waals surface area contributed by atoms with E-state index in [2.05, 4.69) is 15.0 Å². The second-order valence-electron chi connectivity index (χ2n) is 5.08. The molecule has 3 rings (SSSR count). The molecule has 5 nitrogen and oxygen atoms in total. The van der Waals surface area contributed by atoms with Crippen LogP contribution in [0.25, 0.3) is 0 Å². The molecule has 3 heterocycles. The van der Waals surface area contributed by atoms with Crippen LogP contribution < -0.4 is 4.90 Å². The van der Waals surface area contributed by atoms with Gasteiger partial charge in [0.25, 0.3) is 0 Å². The fourth-order valence-electron chi connectivity index (χ4n) is 2.59. The average Bonchev–Trinajstić information content (AvgIpc) is 2.98. The molecule has 19 heavy (non-hydrogen) atoms. The minimum atomic E-state index is -0.335. The number of rotatable bonds is 3. The summed E-state index contributed by atoms with van der Waals surface area (Å²) in [5.74, 6) is 1.03. The van der Waals surface area contributed by atoms with Gasteiger partial charge in [-0.3, -0.25) is 4.98 Å². The van der Waals surface area contributed by atoms with Crippen molar-refractivity contribution in [2.24, 2.45) is 5.92 Å². The number of β-amino-alcohol motifs (C(OH)–C–C–N with tert-alkyl or cyclic N) is 1. The van der Waals surface area contributed by atoms with Gasteiger partial charge >= 0.3 is 0 Å². The highest BCUT2D eigenvalue weighted by molar-refractivity contribution is 5.46. The molecule has 1 aliphatic rings. The number of aromatic nitrogens is 2. The molecule has 0 unspecified atom stereocenters. The van der Waals surface area contributed by atoms with Gasteiger partial charge in [-0.2, -0.15) is 0 Å². The molecule has 0 radical (unpaired) electrons. The van der Waals surface area contributed by atoms with Crippen molar-refractivity contribution >= 4 is 5.69 Å². The van der Waals surface area contributed by atoms with Gasteiger partial charge in [0.05, 0.1) is 11.8 Å². The second kappa shape index (κ2) is 5.01. The maximum absolute atomic E-state index is 10.2. The predicted molar refractivity (Wildman–Crippen MR) is 70.9 cm³/mol. The summed E-state index contributed by atoms with van der Waals surface area (Å²) in [6.07, 6.45) is 3.94. The van der Waals surface area contributed by atoms with E-state index >= 15 is 0 Å². The predicted octanol–water partition coefficient (Wildman–Crippen LogP) is 1.42. The molecule has 2 aromatic rings. The van der Waals surface area contributed by atoms with E-state index in [9.17, 15) is 5.11 Å². The molecule has 2 atom stereocenters. The highest BCUT2D eigenvalue weighted by atomic mass is 16.5. The highest BCUT2D eigenvalue weighted by Crippen LogP contribution is 2.26. The number of pyridine rings is 1. The van der Waals surface area contributed by atoms with Gasteiger partial charge in [-0.25, -0.2) is 0 Å². The van der Waals surface area contributed by atoms with Crippen LogP contribution in [0.5, 0.6) is 0 Å². The topological polar surface area (TPSA) is 62.4 Å². The fraction of sp³-hybridized carbons (Fsp3) is 0.429. The van der Waals surface area contributed by atoms with Crippen LogP contribution in [0.15, 0.2) is 35.1 Å². The van der Waals surface area contributed by atoms with Crippen molar-refractivity contribution in [3.05, 3.63) is 42.0 Å². The normalized spacial score (nSPS) is 22.9.